The van der Waals surface area contributed by atoms with E-state index < -0.39 is 0 Å². The van der Waals surface area contributed by atoms with Crippen LogP contribution < -0.4 is 5.32 Å². The normalized spacial score (nSPS) is 11.0. The zero-order chi connectivity index (χ0) is 24.9. The monoisotopic (exact) mass is 515 g/mol. The predicted octanol–water partition coefficient (Wildman–Crippen LogP) is 6.20. The van der Waals surface area contributed by atoms with Crippen molar-refractivity contribution in [3.8, 4) is 11.4 Å². The molecule has 5 aromatic rings. The SMILES string of the molecule is C=CCn1c(SCC(=O)Nc2ncc(Cc3ccc(F)cc3)s2)nnc1-c1cccc2ccccc12. The predicted molar refractivity (Wildman–Crippen MR) is 144 cm³/mol. The lowest BCUT2D eigenvalue weighted by molar-refractivity contribution is -0.113. The number of allylic oxidation sites excluding steroid dienone is 1. The van der Waals surface area contributed by atoms with Crippen molar-refractivity contribution in [2.24, 2.45) is 0 Å². The van der Waals surface area contributed by atoms with E-state index in [-0.39, 0.29) is 17.5 Å². The Balaban J connectivity index is 1.26. The largest absolute Gasteiger partial charge is 0.301 e. The smallest absolute Gasteiger partial charge is 0.236 e. The molecular formula is C27H22FN5OS2. The van der Waals surface area contributed by atoms with Gasteiger partial charge in [0.05, 0.1) is 5.75 Å². The highest BCUT2D eigenvalue weighted by Gasteiger charge is 2.17. The lowest BCUT2D eigenvalue weighted by atomic mass is 10.0. The molecule has 0 aliphatic rings. The van der Waals surface area contributed by atoms with E-state index in [1.807, 2.05) is 28.8 Å². The van der Waals surface area contributed by atoms with Gasteiger partial charge in [-0.2, -0.15) is 0 Å². The van der Waals surface area contributed by atoms with Crippen molar-refractivity contribution in [1.82, 2.24) is 19.7 Å². The summed E-state index contributed by atoms with van der Waals surface area (Å²) in [7, 11) is 0. The highest BCUT2D eigenvalue weighted by molar-refractivity contribution is 7.99. The first-order valence-electron chi connectivity index (χ1n) is 11.2. The van der Waals surface area contributed by atoms with E-state index in [2.05, 4.69) is 45.3 Å². The fourth-order valence-corrected chi connectivity index (χ4v) is 5.46. The van der Waals surface area contributed by atoms with Gasteiger partial charge in [0.25, 0.3) is 0 Å². The summed E-state index contributed by atoms with van der Waals surface area (Å²) >= 11 is 2.72. The molecule has 5 rings (SSSR count). The molecule has 6 nitrogen and oxygen atoms in total. The number of hydrogen-bond acceptors (Lipinski definition) is 6. The highest BCUT2D eigenvalue weighted by Crippen LogP contribution is 2.30. The molecule has 180 valence electrons. The van der Waals surface area contributed by atoms with Gasteiger partial charge in [-0.15, -0.1) is 28.1 Å². The van der Waals surface area contributed by atoms with Crippen LogP contribution in [0, 0.1) is 5.82 Å². The van der Waals surface area contributed by atoms with Gasteiger partial charge in [0.1, 0.15) is 5.82 Å². The standard InChI is InChI=1S/C27H22FN5OS2/c1-2-14-33-25(23-9-5-7-19-6-3-4-8-22(19)23)31-32-27(33)35-17-24(34)30-26-29-16-21(36-26)15-18-10-12-20(28)13-11-18/h2-13,16H,1,14-15,17H2,(H,29,30,34). The lowest BCUT2D eigenvalue weighted by Gasteiger charge is -2.10. The second-order valence-electron chi connectivity index (χ2n) is 8.00. The number of rotatable bonds is 9. The molecule has 0 atom stereocenters. The van der Waals surface area contributed by atoms with Crippen LogP contribution in [-0.4, -0.2) is 31.4 Å². The number of nitrogens with zero attached hydrogens (tertiary/aromatic N) is 4. The molecule has 2 aromatic heterocycles. The number of nitrogens with one attached hydrogen (secondary N) is 1. The molecule has 2 heterocycles. The minimum absolute atomic E-state index is 0.164. The summed E-state index contributed by atoms with van der Waals surface area (Å²) in [4.78, 5) is 17.9. The van der Waals surface area contributed by atoms with Gasteiger partial charge in [0.2, 0.25) is 5.91 Å². The molecule has 36 heavy (non-hydrogen) atoms. The topological polar surface area (TPSA) is 72.7 Å². The Morgan fingerprint density at radius 2 is 1.89 bits per heavy atom. The zero-order valence-electron chi connectivity index (χ0n) is 19.2. The van der Waals surface area contributed by atoms with Crippen LogP contribution in [0.4, 0.5) is 9.52 Å². The van der Waals surface area contributed by atoms with Crippen LogP contribution >= 0.6 is 23.1 Å². The molecule has 0 bridgehead atoms. The summed E-state index contributed by atoms with van der Waals surface area (Å²) in [6.45, 7) is 4.39. The number of thiazole rings is 1. The maximum absolute atomic E-state index is 13.1. The number of carbonyl (C=O) groups excluding carboxylic acids is 1. The molecule has 0 spiro atoms. The molecular weight excluding hydrogens is 493 g/mol. The highest BCUT2D eigenvalue weighted by atomic mass is 32.2. The molecule has 9 heteroatoms. The van der Waals surface area contributed by atoms with Gasteiger partial charge in [-0.3, -0.25) is 9.36 Å². The Morgan fingerprint density at radius 1 is 1.08 bits per heavy atom. The van der Waals surface area contributed by atoms with Crippen molar-refractivity contribution in [2.45, 2.75) is 18.1 Å². The Morgan fingerprint density at radius 3 is 2.72 bits per heavy atom. The number of halogens is 1. The number of hydrogen-bond donors (Lipinski definition) is 1. The van der Waals surface area contributed by atoms with E-state index in [4.69, 9.17) is 0 Å². The summed E-state index contributed by atoms with van der Waals surface area (Å²) in [5.41, 5.74) is 1.97. The van der Waals surface area contributed by atoms with Gasteiger partial charge in [0, 0.05) is 29.6 Å². The summed E-state index contributed by atoms with van der Waals surface area (Å²) in [5, 5.41) is 15.0. The number of aromatic nitrogens is 4. The first kappa shape index (κ1) is 23.9. The van der Waals surface area contributed by atoms with Gasteiger partial charge >= 0.3 is 0 Å². The summed E-state index contributed by atoms with van der Waals surface area (Å²) in [6, 6.07) is 20.6. The second-order valence-corrected chi connectivity index (χ2v) is 10.1. The van der Waals surface area contributed by atoms with Crippen LogP contribution in [0.1, 0.15) is 10.4 Å². The molecule has 0 radical (unpaired) electrons. The fourth-order valence-electron chi connectivity index (χ4n) is 3.84. The molecule has 0 aliphatic carbocycles. The van der Waals surface area contributed by atoms with E-state index >= 15 is 0 Å². The van der Waals surface area contributed by atoms with Gasteiger partial charge < -0.3 is 5.32 Å². The molecule has 0 saturated carbocycles. The number of anilines is 1. The second kappa shape index (κ2) is 10.8. The number of amides is 1. The van der Waals surface area contributed by atoms with Gasteiger partial charge in [-0.25, -0.2) is 9.37 Å². The molecule has 3 aromatic carbocycles. The zero-order valence-corrected chi connectivity index (χ0v) is 20.9. The lowest BCUT2D eigenvalue weighted by Crippen LogP contribution is -2.14. The third kappa shape index (κ3) is 5.37. The van der Waals surface area contributed by atoms with Crippen LogP contribution in [0.15, 0.2) is 90.7 Å². The number of benzene rings is 3. The van der Waals surface area contributed by atoms with Crippen molar-refractivity contribution < 1.29 is 9.18 Å². The quantitative estimate of drug-likeness (QED) is 0.187. The van der Waals surface area contributed by atoms with E-state index in [1.54, 1.807) is 24.4 Å². The average Bonchev–Trinajstić information content (AvgIpc) is 3.50. The molecule has 0 saturated heterocycles. The van der Waals surface area contributed by atoms with E-state index in [1.165, 1.54) is 35.2 Å². The molecule has 0 unspecified atom stereocenters. The van der Waals surface area contributed by atoms with Gasteiger partial charge in [0.15, 0.2) is 16.1 Å². The third-order valence-electron chi connectivity index (χ3n) is 5.48. The van der Waals surface area contributed by atoms with E-state index in [9.17, 15) is 9.18 Å². The van der Waals surface area contributed by atoms with Crippen LogP contribution in [0.5, 0.6) is 0 Å². The summed E-state index contributed by atoms with van der Waals surface area (Å²) in [5.74, 6) is 0.460. The van der Waals surface area contributed by atoms with E-state index in [0.29, 0.717) is 23.3 Å². The third-order valence-corrected chi connectivity index (χ3v) is 7.36. The van der Waals surface area contributed by atoms with Gasteiger partial charge in [-0.05, 0) is 28.5 Å². The molecule has 1 N–H and O–H groups in total. The number of fused-ring (bicyclic) bond motifs is 1. The average molecular weight is 516 g/mol. The first-order chi connectivity index (χ1) is 17.6. The summed E-state index contributed by atoms with van der Waals surface area (Å²) in [6.07, 6.45) is 4.15. The fraction of sp³-hybridized carbons (Fsp3) is 0.111. The van der Waals surface area contributed by atoms with Crippen molar-refractivity contribution in [3.63, 3.8) is 0 Å². The van der Waals surface area contributed by atoms with Gasteiger partial charge in [-0.1, -0.05) is 72.4 Å². The Labute approximate surface area is 215 Å². The molecule has 1 amide bonds. The van der Waals surface area contributed by atoms with Crippen molar-refractivity contribution >= 4 is 44.9 Å². The molecule has 0 aliphatic heterocycles. The van der Waals surface area contributed by atoms with Crippen molar-refractivity contribution in [1.29, 1.82) is 0 Å². The van der Waals surface area contributed by atoms with Crippen molar-refractivity contribution in [2.75, 3.05) is 11.1 Å². The van der Waals surface area contributed by atoms with Crippen LogP contribution in [0.25, 0.3) is 22.2 Å². The van der Waals surface area contributed by atoms with Crippen LogP contribution in [0.3, 0.4) is 0 Å². The van der Waals surface area contributed by atoms with Crippen LogP contribution in [0.2, 0.25) is 0 Å². The minimum Gasteiger partial charge on any atom is -0.301 e. The van der Waals surface area contributed by atoms with E-state index in [0.717, 1.165) is 32.6 Å². The Kier molecular flexibility index (Phi) is 7.20. The number of carbonyl (C=O) groups is 1. The summed E-state index contributed by atoms with van der Waals surface area (Å²) < 4.78 is 15.1. The molecule has 0 fully saturated rings. The Bertz CT molecular complexity index is 1520. The van der Waals surface area contributed by atoms with Crippen molar-refractivity contribution in [3.05, 3.63) is 102 Å². The maximum atomic E-state index is 13.1. The van der Waals surface area contributed by atoms with Crippen LogP contribution in [-0.2, 0) is 17.8 Å². The first-order valence-corrected chi connectivity index (χ1v) is 13.0. The minimum atomic E-state index is -0.262. The maximum Gasteiger partial charge on any atom is 0.236 e. The number of thioether (sulfide) groups is 1. The Hall–Kier alpha value is -3.82.